The number of hydrogen-bond acceptors (Lipinski definition) is 6. The number of nitrogens with zero attached hydrogens (tertiary/aromatic N) is 5. The lowest BCUT2D eigenvalue weighted by Crippen LogP contribution is -2.30. The van der Waals surface area contributed by atoms with Gasteiger partial charge in [0.1, 0.15) is 6.33 Å². The van der Waals surface area contributed by atoms with Crippen LogP contribution in [0.2, 0.25) is 0 Å². The Kier molecular flexibility index (Phi) is 6.15. The lowest BCUT2D eigenvalue weighted by atomic mass is 10.2. The molecule has 1 heterocycles. The normalized spacial score (nSPS) is 11.4. The van der Waals surface area contributed by atoms with E-state index < -0.39 is 10.0 Å². The summed E-state index contributed by atoms with van der Waals surface area (Å²) in [5.74, 6) is 0. The summed E-state index contributed by atoms with van der Waals surface area (Å²) >= 11 is 0. The van der Waals surface area contributed by atoms with Crippen molar-refractivity contribution in [3.8, 4) is 5.69 Å². The molecule has 0 bridgehead atoms. The molecule has 0 atom stereocenters. The van der Waals surface area contributed by atoms with Crippen molar-refractivity contribution in [1.82, 2.24) is 24.9 Å². The van der Waals surface area contributed by atoms with Gasteiger partial charge < -0.3 is 4.90 Å². The number of tetrazole rings is 1. The predicted molar refractivity (Wildman–Crippen MR) is 103 cm³/mol. The van der Waals surface area contributed by atoms with E-state index in [9.17, 15) is 8.42 Å². The van der Waals surface area contributed by atoms with Gasteiger partial charge in [0.05, 0.1) is 10.6 Å². The molecule has 8 nitrogen and oxygen atoms in total. The molecule has 0 aliphatic rings. The maximum absolute atomic E-state index is 12.6. The van der Waals surface area contributed by atoms with Crippen LogP contribution in [0.4, 0.5) is 5.69 Å². The molecule has 0 aliphatic carbocycles. The van der Waals surface area contributed by atoms with Crippen molar-refractivity contribution in [3.05, 3.63) is 60.9 Å². The van der Waals surface area contributed by atoms with E-state index in [0.29, 0.717) is 18.7 Å². The summed E-state index contributed by atoms with van der Waals surface area (Å²) < 4.78 is 29.2. The number of benzene rings is 2. The fourth-order valence-corrected chi connectivity index (χ4v) is 3.85. The van der Waals surface area contributed by atoms with E-state index in [1.807, 2.05) is 18.2 Å². The molecule has 0 aliphatic heterocycles. The van der Waals surface area contributed by atoms with E-state index in [1.54, 1.807) is 24.3 Å². The maximum Gasteiger partial charge on any atom is 0.240 e. The zero-order valence-electron chi connectivity index (χ0n) is 15.1. The van der Waals surface area contributed by atoms with E-state index >= 15 is 0 Å². The van der Waals surface area contributed by atoms with Crippen molar-refractivity contribution < 1.29 is 8.42 Å². The molecule has 27 heavy (non-hydrogen) atoms. The Morgan fingerprint density at radius 1 is 1.11 bits per heavy atom. The fourth-order valence-electron chi connectivity index (χ4n) is 2.74. The first-order valence-corrected chi connectivity index (χ1v) is 10.2. The van der Waals surface area contributed by atoms with Crippen LogP contribution in [0.5, 0.6) is 0 Å². The van der Waals surface area contributed by atoms with Gasteiger partial charge in [-0.3, -0.25) is 0 Å². The van der Waals surface area contributed by atoms with Gasteiger partial charge in [0.2, 0.25) is 10.0 Å². The standard InChI is InChI=1S/C18H22N6O2S/c1-2-23(16-8-4-3-5-9-16)13-7-12-20-27(25,26)18-11-6-10-17(14-18)24-15-19-21-22-24/h3-6,8-11,14-15,20H,2,7,12-13H2,1H3. The third-order valence-corrected chi connectivity index (χ3v) is 5.60. The maximum atomic E-state index is 12.6. The first-order valence-electron chi connectivity index (χ1n) is 8.73. The minimum Gasteiger partial charge on any atom is -0.372 e. The van der Waals surface area contributed by atoms with Crippen LogP contribution >= 0.6 is 0 Å². The van der Waals surface area contributed by atoms with Crippen LogP contribution < -0.4 is 9.62 Å². The fraction of sp³-hybridized carbons (Fsp3) is 0.278. The highest BCUT2D eigenvalue weighted by molar-refractivity contribution is 7.89. The van der Waals surface area contributed by atoms with Crippen LogP contribution in [0.1, 0.15) is 13.3 Å². The number of anilines is 1. The molecule has 0 unspecified atom stereocenters. The molecule has 0 saturated heterocycles. The summed E-state index contributed by atoms with van der Waals surface area (Å²) in [6.07, 6.45) is 2.12. The number of rotatable bonds is 9. The van der Waals surface area contributed by atoms with Crippen molar-refractivity contribution in [2.24, 2.45) is 0 Å². The lowest BCUT2D eigenvalue weighted by molar-refractivity contribution is 0.578. The summed E-state index contributed by atoms with van der Waals surface area (Å²) in [6, 6.07) is 16.6. The second-order valence-corrected chi connectivity index (χ2v) is 7.69. The Morgan fingerprint density at radius 3 is 2.63 bits per heavy atom. The van der Waals surface area contributed by atoms with Crippen LogP contribution in [0.25, 0.3) is 5.69 Å². The minimum absolute atomic E-state index is 0.186. The van der Waals surface area contributed by atoms with Crippen molar-refractivity contribution in [2.75, 3.05) is 24.5 Å². The lowest BCUT2D eigenvalue weighted by Gasteiger charge is -2.23. The van der Waals surface area contributed by atoms with Crippen LogP contribution in [-0.4, -0.2) is 48.3 Å². The zero-order chi connectivity index (χ0) is 19.1. The second-order valence-electron chi connectivity index (χ2n) is 5.92. The molecular weight excluding hydrogens is 364 g/mol. The van der Waals surface area contributed by atoms with Gasteiger partial charge in [0, 0.05) is 25.3 Å². The Labute approximate surface area is 158 Å². The third-order valence-electron chi connectivity index (χ3n) is 4.14. The molecule has 2 aromatic carbocycles. The molecule has 1 aromatic heterocycles. The van der Waals surface area contributed by atoms with Crippen LogP contribution in [0, 0.1) is 0 Å². The van der Waals surface area contributed by atoms with Gasteiger partial charge in [-0.1, -0.05) is 24.3 Å². The average Bonchev–Trinajstić information content (AvgIpc) is 3.24. The first-order chi connectivity index (χ1) is 13.1. The second kappa shape index (κ2) is 8.74. The van der Waals surface area contributed by atoms with E-state index in [2.05, 4.69) is 44.2 Å². The van der Waals surface area contributed by atoms with Gasteiger partial charge in [0.25, 0.3) is 0 Å². The monoisotopic (exact) mass is 386 g/mol. The minimum atomic E-state index is -3.59. The molecule has 9 heteroatoms. The quantitative estimate of drug-likeness (QED) is 0.564. The van der Waals surface area contributed by atoms with Gasteiger partial charge in [0.15, 0.2) is 0 Å². The SMILES string of the molecule is CCN(CCCNS(=O)(=O)c1cccc(-n2cnnn2)c1)c1ccccc1. The predicted octanol–water partition coefficient (Wildman–Crippen LogP) is 1.86. The number of aromatic nitrogens is 4. The number of sulfonamides is 1. The van der Waals surface area contributed by atoms with Crippen LogP contribution in [0.15, 0.2) is 65.8 Å². The highest BCUT2D eigenvalue weighted by Crippen LogP contribution is 2.15. The number of para-hydroxylation sites is 1. The molecule has 0 saturated carbocycles. The summed E-state index contributed by atoms with van der Waals surface area (Å²) in [4.78, 5) is 2.40. The van der Waals surface area contributed by atoms with E-state index in [-0.39, 0.29) is 4.90 Å². The largest absolute Gasteiger partial charge is 0.372 e. The molecule has 3 rings (SSSR count). The van der Waals surface area contributed by atoms with Gasteiger partial charge in [-0.05, 0) is 54.1 Å². The first kappa shape index (κ1) is 19.0. The van der Waals surface area contributed by atoms with Crippen LogP contribution in [-0.2, 0) is 10.0 Å². The van der Waals surface area contributed by atoms with Gasteiger partial charge in [-0.15, -0.1) is 5.10 Å². The van der Waals surface area contributed by atoms with Crippen molar-refractivity contribution >= 4 is 15.7 Å². The molecule has 0 amide bonds. The molecule has 0 radical (unpaired) electrons. The molecule has 142 valence electrons. The average molecular weight is 386 g/mol. The van der Waals surface area contributed by atoms with Gasteiger partial charge in [-0.2, -0.15) is 0 Å². The molecule has 0 fully saturated rings. The Bertz CT molecular complexity index is 945. The van der Waals surface area contributed by atoms with Gasteiger partial charge in [-0.25, -0.2) is 17.8 Å². The molecule has 0 spiro atoms. The van der Waals surface area contributed by atoms with Gasteiger partial charge >= 0.3 is 0 Å². The van der Waals surface area contributed by atoms with Crippen molar-refractivity contribution in [3.63, 3.8) is 0 Å². The summed E-state index contributed by atoms with van der Waals surface area (Å²) in [5.41, 5.74) is 1.72. The smallest absolute Gasteiger partial charge is 0.240 e. The Hall–Kier alpha value is -2.78. The highest BCUT2D eigenvalue weighted by Gasteiger charge is 2.15. The number of nitrogens with one attached hydrogen (secondary N) is 1. The van der Waals surface area contributed by atoms with Crippen LogP contribution in [0.3, 0.4) is 0 Å². The highest BCUT2D eigenvalue weighted by atomic mass is 32.2. The Morgan fingerprint density at radius 2 is 1.93 bits per heavy atom. The summed E-state index contributed by atoms with van der Waals surface area (Å²) in [7, 11) is -3.59. The van der Waals surface area contributed by atoms with Crippen molar-refractivity contribution in [1.29, 1.82) is 0 Å². The van der Waals surface area contributed by atoms with Crippen molar-refractivity contribution in [2.45, 2.75) is 18.2 Å². The topological polar surface area (TPSA) is 93.0 Å². The zero-order valence-corrected chi connectivity index (χ0v) is 15.9. The molecule has 1 N–H and O–H groups in total. The molecule has 3 aromatic rings. The summed E-state index contributed by atoms with van der Waals surface area (Å²) in [6.45, 7) is 4.08. The Balaban J connectivity index is 1.58. The van der Waals surface area contributed by atoms with E-state index in [4.69, 9.17) is 0 Å². The van der Waals surface area contributed by atoms with E-state index in [0.717, 1.165) is 18.8 Å². The third kappa shape index (κ3) is 4.89. The summed E-state index contributed by atoms with van der Waals surface area (Å²) in [5, 5.41) is 10.9. The number of hydrogen-bond donors (Lipinski definition) is 1. The molecular formula is C18H22N6O2S. The van der Waals surface area contributed by atoms with E-state index in [1.165, 1.54) is 11.0 Å².